The summed E-state index contributed by atoms with van der Waals surface area (Å²) in [7, 11) is 0. The number of carbonyl (C=O) groups is 2. The molecule has 0 aliphatic heterocycles. The molecule has 6 nitrogen and oxygen atoms in total. The molecule has 0 heterocycles. The minimum absolute atomic E-state index is 0.0884. The van der Waals surface area contributed by atoms with Gasteiger partial charge in [0, 0.05) is 12.1 Å². The van der Waals surface area contributed by atoms with Crippen LogP contribution in [0.3, 0.4) is 0 Å². The molecular formula is C48H48N4O2. The Morgan fingerprint density at radius 1 is 0.389 bits per heavy atom. The first-order valence-corrected chi connectivity index (χ1v) is 19.0. The van der Waals surface area contributed by atoms with E-state index in [2.05, 4.69) is 94.1 Å². The molecule has 1 aliphatic rings. The van der Waals surface area contributed by atoms with Gasteiger partial charge in [0.2, 0.25) is 11.8 Å². The molecule has 0 aromatic heterocycles. The van der Waals surface area contributed by atoms with Crippen LogP contribution < -0.4 is 21.3 Å². The van der Waals surface area contributed by atoms with E-state index < -0.39 is 11.1 Å². The van der Waals surface area contributed by atoms with Crippen LogP contribution in [-0.2, 0) is 20.7 Å². The normalized spacial score (nSPS) is 15.9. The van der Waals surface area contributed by atoms with Gasteiger partial charge in [0.05, 0.1) is 24.2 Å². The number of nitrogens with one attached hydrogen (secondary N) is 4. The molecule has 0 radical (unpaired) electrons. The topological polar surface area (TPSA) is 82.3 Å². The summed E-state index contributed by atoms with van der Waals surface area (Å²) < 4.78 is 0. The zero-order valence-corrected chi connectivity index (χ0v) is 30.5. The van der Waals surface area contributed by atoms with Crippen molar-refractivity contribution in [3.8, 4) is 0 Å². The molecule has 1 aliphatic carbocycles. The monoisotopic (exact) mass is 712 g/mol. The highest BCUT2D eigenvalue weighted by Crippen LogP contribution is 2.38. The van der Waals surface area contributed by atoms with Crippen molar-refractivity contribution < 1.29 is 9.59 Å². The fraction of sp³-hybridized carbons (Fsp3) is 0.208. The van der Waals surface area contributed by atoms with Crippen LogP contribution in [-0.4, -0.2) is 37.0 Å². The lowest BCUT2D eigenvalue weighted by Crippen LogP contribution is -2.57. The molecule has 2 amide bonds. The van der Waals surface area contributed by atoms with Crippen molar-refractivity contribution in [3.05, 3.63) is 215 Å². The largest absolute Gasteiger partial charge is 0.350 e. The lowest BCUT2D eigenvalue weighted by atomic mass is 9.77. The first kappa shape index (κ1) is 36.5. The van der Waals surface area contributed by atoms with Gasteiger partial charge in [-0.15, -0.1) is 0 Å². The Morgan fingerprint density at radius 3 is 0.833 bits per heavy atom. The van der Waals surface area contributed by atoms with Gasteiger partial charge in [-0.25, -0.2) is 0 Å². The van der Waals surface area contributed by atoms with Gasteiger partial charge in [-0.05, 0) is 46.2 Å². The standard InChI is InChI=1S/C48H48N4O2/c53-45(35-49-47(37-21-7-1-8-22-37,38-23-9-2-10-24-38)39-25-11-3-12-26-39)51-43-33-19-20-34-44(43)52-46(54)36-50-48(40-27-13-4-14-28-40,41-29-15-5-16-30-41)42-31-17-6-18-32-42/h1-18,21-32,43-44,49-50H,19-20,33-36H2,(H,51,53)(H,52,54)/t43-,44-/m0/s1. The number of hydrogen-bond donors (Lipinski definition) is 4. The number of rotatable bonds is 14. The summed E-state index contributed by atoms with van der Waals surface area (Å²) in [5.74, 6) is -0.217. The Kier molecular flexibility index (Phi) is 11.7. The predicted molar refractivity (Wildman–Crippen MR) is 217 cm³/mol. The summed E-state index contributed by atoms with van der Waals surface area (Å²) in [6, 6.07) is 61.3. The molecule has 6 aromatic rings. The van der Waals surface area contributed by atoms with Gasteiger partial charge in [-0.3, -0.25) is 20.2 Å². The van der Waals surface area contributed by atoms with E-state index in [1.165, 1.54) is 0 Å². The molecule has 1 fully saturated rings. The highest BCUT2D eigenvalue weighted by Gasteiger charge is 2.38. The molecule has 0 saturated heterocycles. The lowest BCUT2D eigenvalue weighted by molar-refractivity contribution is -0.124. The number of hydrogen-bond acceptors (Lipinski definition) is 4. The fourth-order valence-corrected chi connectivity index (χ4v) is 8.16. The third-order valence-corrected chi connectivity index (χ3v) is 10.7. The van der Waals surface area contributed by atoms with E-state index in [1.807, 2.05) is 109 Å². The van der Waals surface area contributed by atoms with E-state index >= 15 is 0 Å². The maximum Gasteiger partial charge on any atom is 0.234 e. The highest BCUT2D eigenvalue weighted by atomic mass is 16.2. The number of amides is 2. The Balaban J connectivity index is 1.08. The van der Waals surface area contributed by atoms with E-state index in [1.54, 1.807) is 0 Å². The van der Waals surface area contributed by atoms with Crippen LogP contribution in [0.15, 0.2) is 182 Å². The third-order valence-electron chi connectivity index (χ3n) is 10.7. The molecule has 6 heteroatoms. The molecule has 1 saturated carbocycles. The van der Waals surface area contributed by atoms with E-state index in [4.69, 9.17) is 0 Å². The van der Waals surface area contributed by atoms with Crippen LogP contribution in [0, 0.1) is 0 Å². The van der Waals surface area contributed by atoms with Crippen molar-refractivity contribution >= 4 is 11.8 Å². The molecule has 6 aromatic carbocycles. The molecule has 2 atom stereocenters. The van der Waals surface area contributed by atoms with Gasteiger partial charge in [0.1, 0.15) is 0 Å². The summed E-state index contributed by atoms with van der Waals surface area (Å²) in [6.45, 7) is 0.177. The average Bonchev–Trinajstić information content (AvgIpc) is 3.24. The smallest absolute Gasteiger partial charge is 0.234 e. The van der Waals surface area contributed by atoms with Crippen LogP contribution in [0.25, 0.3) is 0 Å². The van der Waals surface area contributed by atoms with Crippen molar-refractivity contribution in [2.45, 2.75) is 48.8 Å². The van der Waals surface area contributed by atoms with E-state index in [0.29, 0.717) is 0 Å². The van der Waals surface area contributed by atoms with Gasteiger partial charge in [0.15, 0.2) is 0 Å². The van der Waals surface area contributed by atoms with Crippen LogP contribution in [0.1, 0.15) is 59.1 Å². The second-order valence-electron chi connectivity index (χ2n) is 14.0. The number of carbonyl (C=O) groups excluding carboxylic acids is 2. The SMILES string of the molecule is O=C(CNC(c1ccccc1)(c1ccccc1)c1ccccc1)N[C@H]1CCCC[C@@H]1NC(=O)CNC(c1ccccc1)(c1ccccc1)c1ccccc1. The Bertz CT molecular complexity index is 1720. The zero-order valence-electron chi connectivity index (χ0n) is 30.5. The average molecular weight is 713 g/mol. The molecule has 272 valence electrons. The Labute approximate surface area is 319 Å². The Hall–Kier alpha value is -5.82. The summed E-state index contributed by atoms with van der Waals surface area (Å²) in [5.41, 5.74) is 4.76. The van der Waals surface area contributed by atoms with Gasteiger partial charge < -0.3 is 10.6 Å². The highest BCUT2D eigenvalue weighted by molar-refractivity contribution is 5.80. The Morgan fingerprint density at radius 2 is 0.611 bits per heavy atom. The molecule has 0 bridgehead atoms. The van der Waals surface area contributed by atoms with Crippen molar-refractivity contribution in [3.63, 3.8) is 0 Å². The molecule has 0 spiro atoms. The lowest BCUT2D eigenvalue weighted by Gasteiger charge is -2.38. The van der Waals surface area contributed by atoms with Crippen LogP contribution >= 0.6 is 0 Å². The molecule has 54 heavy (non-hydrogen) atoms. The minimum atomic E-state index is -0.754. The zero-order chi connectivity index (χ0) is 37.1. The quantitative estimate of drug-likeness (QED) is 0.0874. The van der Waals surface area contributed by atoms with Gasteiger partial charge in [-0.1, -0.05) is 195 Å². The first-order chi connectivity index (χ1) is 26.6. The molecular weight excluding hydrogens is 665 g/mol. The van der Waals surface area contributed by atoms with Crippen LogP contribution in [0.5, 0.6) is 0 Å². The first-order valence-electron chi connectivity index (χ1n) is 19.0. The van der Waals surface area contributed by atoms with Crippen molar-refractivity contribution in [2.75, 3.05) is 13.1 Å². The maximum atomic E-state index is 13.9. The molecule has 7 rings (SSSR count). The van der Waals surface area contributed by atoms with Crippen molar-refractivity contribution in [2.24, 2.45) is 0 Å². The van der Waals surface area contributed by atoms with Crippen molar-refractivity contribution in [1.29, 1.82) is 0 Å². The molecule has 4 N–H and O–H groups in total. The summed E-state index contributed by atoms with van der Waals surface area (Å²) in [6.07, 6.45) is 3.58. The van der Waals surface area contributed by atoms with Crippen LogP contribution in [0.4, 0.5) is 0 Å². The number of benzene rings is 6. The minimum Gasteiger partial charge on any atom is -0.350 e. The van der Waals surface area contributed by atoms with Gasteiger partial charge >= 0.3 is 0 Å². The second kappa shape index (κ2) is 17.3. The second-order valence-corrected chi connectivity index (χ2v) is 14.0. The van der Waals surface area contributed by atoms with E-state index in [0.717, 1.165) is 59.1 Å². The van der Waals surface area contributed by atoms with Crippen LogP contribution in [0.2, 0.25) is 0 Å². The van der Waals surface area contributed by atoms with Crippen molar-refractivity contribution in [1.82, 2.24) is 21.3 Å². The molecule has 0 unspecified atom stereocenters. The summed E-state index contributed by atoms with van der Waals surface area (Å²) in [5, 5.41) is 14.0. The fourth-order valence-electron chi connectivity index (χ4n) is 8.16. The van der Waals surface area contributed by atoms with E-state index in [-0.39, 0.29) is 37.0 Å². The predicted octanol–water partition coefficient (Wildman–Crippen LogP) is 7.69. The third kappa shape index (κ3) is 7.91. The summed E-state index contributed by atoms with van der Waals surface area (Å²) >= 11 is 0. The maximum absolute atomic E-state index is 13.9. The van der Waals surface area contributed by atoms with E-state index in [9.17, 15) is 9.59 Å². The van der Waals surface area contributed by atoms with Gasteiger partial charge in [-0.2, -0.15) is 0 Å². The summed E-state index contributed by atoms with van der Waals surface area (Å²) in [4.78, 5) is 27.8. The van der Waals surface area contributed by atoms with Gasteiger partial charge in [0.25, 0.3) is 0 Å².